The Kier molecular flexibility index (Phi) is 12.7. The molecule has 0 spiro atoms. The molecule has 1 N–H and O–H groups in total. The topological polar surface area (TPSA) is 186 Å². The number of nitrogens with zero attached hydrogens (tertiary/aromatic N) is 17. The van der Waals surface area contributed by atoms with Crippen LogP contribution in [0.3, 0.4) is 0 Å². The third-order valence-electron chi connectivity index (χ3n) is 19.0. The van der Waals surface area contributed by atoms with E-state index in [0.29, 0.717) is 77.8 Å². The van der Waals surface area contributed by atoms with E-state index in [2.05, 4.69) is 123 Å². The minimum Gasteiger partial charge on any atom is -0.481 e. The number of anilines is 3. The van der Waals surface area contributed by atoms with E-state index in [1.165, 1.54) is 36.8 Å². The maximum atomic E-state index is 10.1. The molecule has 0 saturated carbocycles. The molecular formula is C62H66N18O2. The van der Waals surface area contributed by atoms with E-state index in [4.69, 9.17) is 24.4 Å². The number of aromatic nitrogens is 7. The number of allylic oxidation sites excluding steroid dienone is 2. The van der Waals surface area contributed by atoms with Gasteiger partial charge in [0, 0.05) is 180 Å². The summed E-state index contributed by atoms with van der Waals surface area (Å²) in [7, 11) is 1.65. The van der Waals surface area contributed by atoms with Crippen molar-refractivity contribution in [3.8, 4) is 35.0 Å². The van der Waals surface area contributed by atoms with E-state index >= 15 is 0 Å². The number of hydrogen-bond donors (Lipinski definition) is 1. The average molecular weight is 1100 g/mol. The van der Waals surface area contributed by atoms with Crippen LogP contribution in [0.2, 0.25) is 0 Å². The Bertz CT molecular complexity index is 3700. The van der Waals surface area contributed by atoms with Crippen molar-refractivity contribution >= 4 is 39.6 Å². The number of ether oxygens (including phenoxy) is 2. The van der Waals surface area contributed by atoms with Gasteiger partial charge in [-0.2, -0.15) is 20.7 Å². The van der Waals surface area contributed by atoms with Gasteiger partial charge in [-0.1, -0.05) is 24.8 Å². The Morgan fingerprint density at radius 3 is 1.85 bits per heavy atom. The van der Waals surface area contributed by atoms with Gasteiger partial charge in [0.05, 0.1) is 65.4 Å². The van der Waals surface area contributed by atoms with Crippen LogP contribution in [0.4, 0.5) is 17.2 Å². The van der Waals surface area contributed by atoms with Gasteiger partial charge in [-0.25, -0.2) is 29.0 Å². The molecule has 19 heterocycles. The number of methoxy groups -OCH3 is 1. The van der Waals surface area contributed by atoms with Crippen LogP contribution < -0.4 is 29.5 Å². The zero-order chi connectivity index (χ0) is 55.2. The summed E-state index contributed by atoms with van der Waals surface area (Å²) in [6, 6.07) is 25.4. The third kappa shape index (κ3) is 9.05. The summed E-state index contributed by atoms with van der Waals surface area (Å²) in [5.41, 5.74) is 11.0. The van der Waals surface area contributed by atoms with Crippen molar-refractivity contribution in [2.24, 2.45) is 4.99 Å². The van der Waals surface area contributed by atoms with Crippen LogP contribution in [0, 0.1) is 22.7 Å². The highest BCUT2D eigenvalue weighted by Gasteiger charge is 2.47. The fraction of sp³-hybridized carbons (Fsp3) is 0.419. The molecule has 0 aromatic carbocycles. The van der Waals surface area contributed by atoms with Crippen LogP contribution >= 0.6 is 0 Å². The maximum Gasteiger partial charge on any atom is 0.213 e. The molecule has 12 saturated heterocycles. The van der Waals surface area contributed by atoms with Gasteiger partial charge in [0.25, 0.3) is 0 Å². The van der Waals surface area contributed by atoms with Crippen molar-refractivity contribution in [1.29, 1.82) is 10.5 Å². The van der Waals surface area contributed by atoms with Gasteiger partial charge in [0.2, 0.25) is 11.8 Å². The molecule has 8 unspecified atom stereocenters. The van der Waals surface area contributed by atoms with E-state index in [9.17, 15) is 10.5 Å². The summed E-state index contributed by atoms with van der Waals surface area (Å²) in [5.74, 6) is 3.26. The van der Waals surface area contributed by atoms with Crippen LogP contribution in [-0.4, -0.2) is 181 Å². The van der Waals surface area contributed by atoms with Crippen LogP contribution in [-0.2, 0) is 13.1 Å². The van der Waals surface area contributed by atoms with Crippen molar-refractivity contribution in [3.05, 3.63) is 139 Å². The number of fused-ring (bicyclic) bond motifs is 10. The molecule has 20 nitrogen and oxygen atoms in total. The predicted octanol–water partition coefficient (Wildman–Crippen LogP) is 5.85. The quantitative estimate of drug-likeness (QED) is 0.0690. The summed E-state index contributed by atoms with van der Waals surface area (Å²) >= 11 is 0. The number of piperidine rings is 4. The van der Waals surface area contributed by atoms with E-state index in [1.807, 2.05) is 58.2 Å². The number of nitrogens with one attached hydrogen (secondary N) is 1. The molecule has 12 fully saturated rings. The second-order valence-electron chi connectivity index (χ2n) is 23.7. The van der Waals surface area contributed by atoms with Crippen molar-refractivity contribution in [2.75, 3.05) is 87.3 Å². The minimum atomic E-state index is 0.427. The Labute approximate surface area is 476 Å². The van der Waals surface area contributed by atoms with Crippen molar-refractivity contribution in [3.63, 3.8) is 0 Å². The van der Waals surface area contributed by atoms with E-state index < -0.39 is 0 Å². The maximum absolute atomic E-state index is 10.1. The number of rotatable bonds is 16. The lowest BCUT2D eigenvalue weighted by Crippen LogP contribution is -2.69. The van der Waals surface area contributed by atoms with Gasteiger partial charge in [0.15, 0.2) is 0 Å². The lowest BCUT2D eigenvalue weighted by Gasteiger charge is -2.57. The molecule has 82 heavy (non-hydrogen) atoms. The molecule has 19 rings (SSSR count). The summed E-state index contributed by atoms with van der Waals surface area (Å²) < 4.78 is 15.2. The van der Waals surface area contributed by atoms with E-state index in [1.54, 1.807) is 19.5 Å². The molecule has 416 valence electrons. The first-order valence-corrected chi connectivity index (χ1v) is 29.0. The number of aliphatic imine (C=N–C) groups is 1. The molecule has 0 aliphatic carbocycles. The lowest BCUT2D eigenvalue weighted by molar-refractivity contribution is -0.0542. The van der Waals surface area contributed by atoms with Crippen LogP contribution in [0.25, 0.3) is 27.7 Å². The number of nitriles is 2. The fourth-order valence-electron chi connectivity index (χ4n) is 14.6. The summed E-state index contributed by atoms with van der Waals surface area (Å²) in [6.45, 7) is 16.9. The Hall–Kier alpha value is -8.40. The molecule has 7 aromatic rings. The average Bonchev–Trinajstić information content (AvgIpc) is 3.31. The van der Waals surface area contributed by atoms with Crippen molar-refractivity contribution in [2.45, 2.75) is 94.0 Å². The van der Waals surface area contributed by atoms with Crippen LogP contribution in [0.1, 0.15) is 60.4 Å². The second-order valence-corrected chi connectivity index (χ2v) is 23.7. The first kappa shape index (κ1) is 50.6. The van der Waals surface area contributed by atoms with Crippen molar-refractivity contribution in [1.82, 2.24) is 59.1 Å². The van der Waals surface area contributed by atoms with E-state index in [-0.39, 0.29) is 0 Å². The van der Waals surface area contributed by atoms with Gasteiger partial charge in [-0.3, -0.25) is 14.7 Å². The van der Waals surface area contributed by atoms with Gasteiger partial charge >= 0.3 is 0 Å². The lowest BCUT2D eigenvalue weighted by atomic mass is 9.87. The SMILES string of the molecule is C=C/C(=C\N=C(/C)N1CC2CC(C1)N2Cc1ccc(OCCN2C3CC2CN(c2cc(-c4ccc(N5CC6CC(C5)N6Cc5ccc(OC)nc5)nc4)c4c(C#N)cnn4c2)C3)nc1)c1cc(N2CC3CC(C2)N3)cn2ncc(C#N)c12. The first-order chi connectivity index (χ1) is 40.2. The highest BCUT2D eigenvalue weighted by Crippen LogP contribution is 2.40. The number of piperazine rings is 4. The Balaban J connectivity index is 0.535. The molecule has 7 aromatic heterocycles. The zero-order valence-electron chi connectivity index (χ0n) is 46.4. The van der Waals surface area contributed by atoms with Crippen molar-refractivity contribution < 1.29 is 9.47 Å². The highest BCUT2D eigenvalue weighted by atomic mass is 16.5. The molecule has 12 aliphatic rings. The molecule has 0 radical (unpaired) electrons. The summed E-state index contributed by atoms with van der Waals surface area (Å²) in [5, 5.41) is 33.0. The van der Waals surface area contributed by atoms with Gasteiger partial charge < -0.3 is 34.4 Å². The van der Waals surface area contributed by atoms with Crippen LogP contribution in [0.5, 0.6) is 11.8 Å². The molecule has 8 bridgehead atoms. The Morgan fingerprint density at radius 2 is 1.26 bits per heavy atom. The molecule has 12 aliphatic heterocycles. The molecule has 8 atom stereocenters. The largest absolute Gasteiger partial charge is 0.481 e. The third-order valence-corrected chi connectivity index (χ3v) is 19.0. The van der Waals surface area contributed by atoms with Gasteiger partial charge in [-0.05, 0) is 68.0 Å². The first-order valence-electron chi connectivity index (χ1n) is 29.0. The highest BCUT2D eigenvalue weighted by molar-refractivity contribution is 5.90. The smallest absolute Gasteiger partial charge is 0.213 e. The standard InChI is InChI=1S/C62H66N18O2/c1-4-42(56-17-48(73-29-46-13-47(30-73)71-46)37-79-61(56)44(19-63)25-69-79)23-65-39(2)72-31-52-15-53(32-72)77(52)28-41-6-10-60(68-22-41)82-12-11-76-50-14-51(76)34-74(33-50)49-18-57(62-45(20-64)26-70-80(62)38-49)43-7-8-58(66-24-43)75-35-54-16-55(36-75)78(54)27-40-5-9-59(81-3)67-21-40/h4-10,17-18,21-26,37-38,46-47,50-55,71H,1,11-16,27-36H2,2-3H3/b42-23+,65-39+. The number of hydrogen-bond acceptors (Lipinski definition) is 17. The van der Waals surface area contributed by atoms with E-state index in [0.717, 1.165) is 128 Å². The minimum absolute atomic E-state index is 0.427. The summed E-state index contributed by atoms with van der Waals surface area (Å²) in [4.78, 5) is 36.7. The Morgan fingerprint density at radius 1 is 0.671 bits per heavy atom. The van der Waals surface area contributed by atoms with Crippen LogP contribution in [0.15, 0.2) is 116 Å². The van der Waals surface area contributed by atoms with Gasteiger partial charge in [0.1, 0.15) is 30.4 Å². The fourth-order valence-corrected chi connectivity index (χ4v) is 14.6. The molecule has 0 amide bonds. The predicted molar refractivity (Wildman–Crippen MR) is 313 cm³/mol. The monoisotopic (exact) mass is 1090 g/mol. The second kappa shape index (κ2) is 20.5. The number of amidine groups is 1. The zero-order valence-corrected chi connectivity index (χ0v) is 46.4. The molecular weight excluding hydrogens is 1030 g/mol. The summed E-state index contributed by atoms with van der Waals surface area (Å²) in [6.07, 6.45) is 21.8. The normalized spacial score (nSPS) is 25.9. The molecule has 20 heteroatoms. The van der Waals surface area contributed by atoms with Gasteiger partial charge in [-0.15, -0.1) is 0 Å². The number of pyridine rings is 5.